The Labute approximate surface area is 139 Å². The number of ether oxygens (including phenoxy) is 1. The highest BCUT2D eigenvalue weighted by atomic mass is 32.2. The van der Waals surface area contributed by atoms with Crippen LogP contribution in [0.15, 0.2) is 53.4 Å². The van der Waals surface area contributed by atoms with Gasteiger partial charge in [0.15, 0.2) is 0 Å². The number of rotatable bonds is 6. The fraction of sp³-hybridized carbons (Fsp3) is 0.188. The van der Waals surface area contributed by atoms with Gasteiger partial charge in [-0.2, -0.15) is 4.72 Å². The molecule has 8 heteroatoms. The van der Waals surface area contributed by atoms with Crippen LogP contribution in [0.4, 0.5) is 10.1 Å². The van der Waals surface area contributed by atoms with Gasteiger partial charge in [0.2, 0.25) is 15.9 Å². The average molecular weight is 352 g/mol. The second-order valence-corrected chi connectivity index (χ2v) is 6.67. The SMILES string of the molecule is COc1ccc(NC(=O)[C@@H](C)NS(=O)(=O)c2ccccc2F)cc1. The lowest BCUT2D eigenvalue weighted by molar-refractivity contribution is -0.117. The Bertz CT molecular complexity index is 822. The smallest absolute Gasteiger partial charge is 0.244 e. The molecule has 0 aliphatic rings. The van der Waals surface area contributed by atoms with Crippen molar-refractivity contribution in [2.45, 2.75) is 17.9 Å². The Hall–Kier alpha value is -2.45. The molecule has 0 bridgehead atoms. The number of halogens is 1. The molecule has 1 amide bonds. The molecule has 0 heterocycles. The third-order valence-electron chi connectivity index (χ3n) is 3.21. The molecule has 0 unspecified atom stereocenters. The zero-order chi connectivity index (χ0) is 17.7. The van der Waals surface area contributed by atoms with E-state index in [9.17, 15) is 17.6 Å². The first-order chi connectivity index (χ1) is 11.3. The summed E-state index contributed by atoms with van der Waals surface area (Å²) in [6, 6.07) is 10.4. The van der Waals surface area contributed by atoms with Crippen molar-refractivity contribution in [3.63, 3.8) is 0 Å². The van der Waals surface area contributed by atoms with Crippen molar-refractivity contribution in [2.75, 3.05) is 12.4 Å². The van der Waals surface area contributed by atoms with Gasteiger partial charge in [-0.25, -0.2) is 12.8 Å². The van der Waals surface area contributed by atoms with Gasteiger partial charge in [0.05, 0.1) is 13.2 Å². The first-order valence-electron chi connectivity index (χ1n) is 7.05. The standard InChI is InChI=1S/C16H17FN2O4S/c1-11(16(20)18-12-7-9-13(23-2)10-8-12)19-24(21,22)15-6-4-3-5-14(15)17/h3-11,19H,1-2H3,(H,18,20)/t11-/m1/s1. The Kier molecular flexibility index (Phi) is 5.53. The summed E-state index contributed by atoms with van der Waals surface area (Å²) in [5.74, 6) is -0.825. The highest BCUT2D eigenvalue weighted by Crippen LogP contribution is 2.16. The molecule has 0 aliphatic heterocycles. The molecular formula is C16H17FN2O4S. The van der Waals surface area contributed by atoms with Gasteiger partial charge in [-0.15, -0.1) is 0 Å². The quantitative estimate of drug-likeness (QED) is 0.834. The van der Waals surface area contributed by atoms with Crippen molar-refractivity contribution in [1.29, 1.82) is 0 Å². The lowest BCUT2D eigenvalue weighted by Gasteiger charge is -2.15. The first kappa shape index (κ1) is 17.9. The molecule has 0 aliphatic carbocycles. The van der Waals surface area contributed by atoms with E-state index < -0.39 is 32.7 Å². The summed E-state index contributed by atoms with van der Waals surface area (Å²) in [7, 11) is -2.62. The summed E-state index contributed by atoms with van der Waals surface area (Å²) in [6.45, 7) is 1.37. The van der Waals surface area contributed by atoms with Crippen molar-refractivity contribution >= 4 is 21.6 Å². The number of sulfonamides is 1. The van der Waals surface area contributed by atoms with Crippen molar-refractivity contribution in [2.24, 2.45) is 0 Å². The molecular weight excluding hydrogens is 335 g/mol. The van der Waals surface area contributed by atoms with Crippen LogP contribution in [0.3, 0.4) is 0 Å². The van der Waals surface area contributed by atoms with E-state index >= 15 is 0 Å². The summed E-state index contributed by atoms with van der Waals surface area (Å²) in [4.78, 5) is 11.6. The van der Waals surface area contributed by atoms with Gasteiger partial charge in [0, 0.05) is 5.69 Å². The predicted octanol–water partition coefficient (Wildman–Crippen LogP) is 2.14. The number of nitrogens with one attached hydrogen (secondary N) is 2. The number of anilines is 1. The normalized spacial score (nSPS) is 12.5. The number of methoxy groups -OCH3 is 1. The lowest BCUT2D eigenvalue weighted by Crippen LogP contribution is -2.41. The minimum atomic E-state index is -4.14. The van der Waals surface area contributed by atoms with E-state index in [0.717, 1.165) is 12.1 Å². The molecule has 0 spiro atoms. The largest absolute Gasteiger partial charge is 0.497 e. The molecule has 1 atom stereocenters. The van der Waals surface area contributed by atoms with Crippen LogP contribution < -0.4 is 14.8 Å². The summed E-state index contributed by atoms with van der Waals surface area (Å²) < 4.78 is 45.1. The molecule has 128 valence electrons. The number of carbonyl (C=O) groups is 1. The van der Waals surface area contributed by atoms with Gasteiger partial charge in [-0.1, -0.05) is 12.1 Å². The minimum Gasteiger partial charge on any atom is -0.497 e. The van der Waals surface area contributed by atoms with E-state index in [1.165, 1.54) is 26.2 Å². The molecule has 24 heavy (non-hydrogen) atoms. The summed E-state index contributed by atoms with van der Waals surface area (Å²) in [6.07, 6.45) is 0. The molecule has 0 fully saturated rings. The topological polar surface area (TPSA) is 84.5 Å². The molecule has 2 N–H and O–H groups in total. The van der Waals surface area contributed by atoms with Gasteiger partial charge >= 0.3 is 0 Å². The van der Waals surface area contributed by atoms with Crippen LogP contribution in [0, 0.1) is 5.82 Å². The zero-order valence-electron chi connectivity index (χ0n) is 13.1. The maximum absolute atomic E-state index is 13.6. The maximum atomic E-state index is 13.6. The zero-order valence-corrected chi connectivity index (χ0v) is 13.9. The molecule has 2 rings (SSSR count). The van der Waals surface area contributed by atoms with E-state index in [2.05, 4.69) is 10.0 Å². The average Bonchev–Trinajstić information content (AvgIpc) is 2.55. The van der Waals surface area contributed by atoms with Gasteiger partial charge in [-0.05, 0) is 43.3 Å². The third-order valence-corrected chi connectivity index (χ3v) is 4.78. The highest BCUT2D eigenvalue weighted by molar-refractivity contribution is 7.89. The molecule has 0 radical (unpaired) electrons. The Morgan fingerprint density at radius 2 is 1.75 bits per heavy atom. The second kappa shape index (κ2) is 7.41. The highest BCUT2D eigenvalue weighted by Gasteiger charge is 2.24. The Morgan fingerprint density at radius 1 is 1.12 bits per heavy atom. The van der Waals surface area contributed by atoms with Crippen molar-refractivity contribution in [1.82, 2.24) is 4.72 Å². The van der Waals surface area contributed by atoms with Gasteiger partial charge in [0.1, 0.15) is 16.5 Å². The van der Waals surface area contributed by atoms with E-state index in [4.69, 9.17) is 4.74 Å². The molecule has 0 saturated carbocycles. The maximum Gasteiger partial charge on any atom is 0.244 e. The number of hydrogen-bond donors (Lipinski definition) is 2. The van der Waals surface area contributed by atoms with Crippen molar-refractivity contribution in [3.05, 3.63) is 54.3 Å². The summed E-state index contributed by atoms with van der Waals surface area (Å²) in [5, 5.41) is 2.57. The number of hydrogen-bond acceptors (Lipinski definition) is 4. The van der Waals surface area contributed by atoms with Crippen molar-refractivity contribution in [3.8, 4) is 5.75 Å². The Balaban J connectivity index is 2.06. The van der Waals surface area contributed by atoms with Gasteiger partial charge in [0.25, 0.3) is 0 Å². The number of carbonyl (C=O) groups excluding carboxylic acids is 1. The van der Waals surface area contributed by atoms with Crippen LogP contribution in [-0.4, -0.2) is 27.5 Å². The van der Waals surface area contributed by atoms with Crippen LogP contribution in [0.2, 0.25) is 0 Å². The predicted molar refractivity (Wildman–Crippen MR) is 87.8 cm³/mol. The van der Waals surface area contributed by atoms with E-state index in [-0.39, 0.29) is 0 Å². The molecule has 2 aromatic rings. The molecule has 6 nitrogen and oxygen atoms in total. The van der Waals surface area contributed by atoms with Crippen molar-refractivity contribution < 1.29 is 22.3 Å². The lowest BCUT2D eigenvalue weighted by atomic mass is 10.2. The molecule has 2 aromatic carbocycles. The van der Waals surface area contributed by atoms with E-state index in [1.807, 2.05) is 0 Å². The minimum absolute atomic E-state index is 0.484. The first-order valence-corrected chi connectivity index (χ1v) is 8.53. The van der Waals surface area contributed by atoms with E-state index in [1.54, 1.807) is 24.3 Å². The fourth-order valence-electron chi connectivity index (χ4n) is 1.94. The number of amides is 1. The van der Waals surface area contributed by atoms with E-state index in [0.29, 0.717) is 11.4 Å². The fourth-order valence-corrected chi connectivity index (χ4v) is 3.22. The van der Waals surface area contributed by atoms with Crippen LogP contribution in [0.1, 0.15) is 6.92 Å². The third kappa shape index (κ3) is 4.30. The molecule has 0 aromatic heterocycles. The van der Waals surface area contributed by atoms with Gasteiger partial charge < -0.3 is 10.1 Å². The number of benzene rings is 2. The van der Waals surface area contributed by atoms with Crippen LogP contribution in [-0.2, 0) is 14.8 Å². The van der Waals surface area contributed by atoms with Gasteiger partial charge in [-0.3, -0.25) is 4.79 Å². The summed E-state index contributed by atoms with van der Waals surface area (Å²) in [5.41, 5.74) is 0.484. The van der Waals surface area contributed by atoms with Crippen LogP contribution >= 0.6 is 0 Å². The second-order valence-electron chi connectivity index (χ2n) is 4.99. The Morgan fingerprint density at radius 3 is 2.33 bits per heavy atom. The monoisotopic (exact) mass is 352 g/mol. The van der Waals surface area contributed by atoms with Crippen LogP contribution in [0.25, 0.3) is 0 Å². The summed E-state index contributed by atoms with van der Waals surface area (Å²) >= 11 is 0. The molecule has 0 saturated heterocycles. The van der Waals surface area contributed by atoms with Crippen LogP contribution in [0.5, 0.6) is 5.75 Å².